The molecule has 0 aromatic carbocycles. The third-order valence-corrected chi connectivity index (χ3v) is 11.0. The summed E-state index contributed by atoms with van der Waals surface area (Å²) < 4.78 is 86.0. The summed E-state index contributed by atoms with van der Waals surface area (Å²) in [6.07, 6.45) is -8.77. The normalized spacial score (nSPS) is 21.9. The van der Waals surface area contributed by atoms with Gasteiger partial charge in [0.15, 0.2) is 24.4 Å². The number of carbonyl (C=O) groups is 5. The molecule has 1 aliphatic rings. The Kier molecular flexibility index (Phi) is 27.9. The molecule has 22 nitrogen and oxygen atoms in total. The number of phosphoric ester groups is 3. The molecule has 1 fully saturated rings. The zero-order chi connectivity index (χ0) is 46.9. The van der Waals surface area contributed by atoms with Gasteiger partial charge in [-0.1, -0.05) is 86.0 Å². The molecule has 8 atom stereocenters. The maximum absolute atomic E-state index is 13.9. The first-order valence-corrected chi connectivity index (χ1v) is 25.7. The molecule has 0 amide bonds. The van der Waals surface area contributed by atoms with Crippen LogP contribution in [0.5, 0.6) is 0 Å². The van der Waals surface area contributed by atoms with Gasteiger partial charge in [-0.2, -0.15) is 0 Å². The number of carbonyl (C=O) groups excluding carboxylic acids is 5. The monoisotopic (exact) mass is 956 g/mol. The van der Waals surface area contributed by atoms with Gasteiger partial charge in [0.25, 0.3) is 0 Å². The van der Waals surface area contributed by atoms with E-state index in [1.165, 1.54) is 0 Å². The lowest BCUT2D eigenvalue weighted by molar-refractivity contribution is -0.239. The number of esters is 5. The Morgan fingerprint density at radius 1 is 0.435 bits per heavy atom. The van der Waals surface area contributed by atoms with Gasteiger partial charge in [0.2, 0.25) is 0 Å². The van der Waals surface area contributed by atoms with Gasteiger partial charge in [0.1, 0.15) is 24.9 Å². The summed E-state index contributed by atoms with van der Waals surface area (Å²) in [7, 11) is -17.2. The summed E-state index contributed by atoms with van der Waals surface area (Å²) in [5.74, 6) is -4.82. The van der Waals surface area contributed by atoms with E-state index in [2.05, 4.69) is 0 Å². The lowest BCUT2D eigenvalue weighted by Gasteiger charge is -2.48. The molecule has 3 unspecified atom stereocenters. The second-order valence-electron chi connectivity index (χ2n) is 14.7. The highest BCUT2D eigenvalue weighted by Gasteiger charge is 2.62. The van der Waals surface area contributed by atoms with E-state index >= 15 is 0 Å². The molecule has 0 aromatic heterocycles. The maximum Gasteiger partial charge on any atom is 0.472 e. The van der Waals surface area contributed by atoms with Gasteiger partial charge in [-0.05, 0) is 32.1 Å². The predicted molar refractivity (Wildman–Crippen MR) is 216 cm³/mol. The Hall–Kier alpha value is -2.32. The highest BCUT2D eigenvalue weighted by molar-refractivity contribution is 7.47. The van der Waals surface area contributed by atoms with Gasteiger partial charge in [-0.25, -0.2) is 13.7 Å². The smallest absolute Gasteiger partial charge is 0.462 e. The molecular weight excluding hydrogens is 889 g/mol. The van der Waals surface area contributed by atoms with Crippen molar-refractivity contribution in [2.75, 3.05) is 13.2 Å². The lowest BCUT2D eigenvalue weighted by atomic mass is 9.84. The van der Waals surface area contributed by atoms with Crippen molar-refractivity contribution in [1.29, 1.82) is 0 Å². The Morgan fingerprint density at radius 3 is 1.18 bits per heavy atom. The van der Waals surface area contributed by atoms with E-state index in [9.17, 15) is 62.1 Å². The van der Waals surface area contributed by atoms with E-state index in [4.69, 9.17) is 41.8 Å². The molecule has 1 aliphatic carbocycles. The zero-order valence-electron chi connectivity index (χ0n) is 36.2. The van der Waals surface area contributed by atoms with E-state index in [1.54, 1.807) is 20.8 Å². The van der Waals surface area contributed by atoms with Crippen LogP contribution in [0.1, 0.15) is 150 Å². The summed E-state index contributed by atoms with van der Waals surface area (Å²) in [6, 6.07) is 0. The van der Waals surface area contributed by atoms with Crippen molar-refractivity contribution in [3.8, 4) is 0 Å². The van der Waals surface area contributed by atoms with Gasteiger partial charge in [-0.15, -0.1) is 0 Å². The van der Waals surface area contributed by atoms with E-state index in [-0.39, 0.29) is 51.4 Å². The van der Waals surface area contributed by atoms with Crippen molar-refractivity contribution in [1.82, 2.24) is 0 Å². The number of ether oxygens (including phenoxy) is 5. The first-order valence-electron chi connectivity index (χ1n) is 21.2. The third-order valence-electron chi connectivity index (χ3n) is 9.00. The van der Waals surface area contributed by atoms with Crippen LogP contribution >= 0.6 is 23.5 Å². The molecule has 0 bridgehead atoms. The van der Waals surface area contributed by atoms with E-state index in [1.807, 2.05) is 13.8 Å². The predicted octanol–water partition coefficient (Wildman–Crippen LogP) is 5.77. The number of hydrogen-bond donors (Lipinski definition) is 5. The van der Waals surface area contributed by atoms with Gasteiger partial charge in [-0.3, -0.25) is 42.1 Å². The summed E-state index contributed by atoms with van der Waals surface area (Å²) in [4.78, 5) is 115. The van der Waals surface area contributed by atoms with Crippen molar-refractivity contribution in [2.24, 2.45) is 0 Å². The molecule has 0 spiro atoms. The maximum atomic E-state index is 13.9. The molecular formula is C37H67O22P3. The van der Waals surface area contributed by atoms with Gasteiger partial charge in [0.05, 0.1) is 6.61 Å². The minimum atomic E-state index is -5.77. The fourth-order valence-electron chi connectivity index (χ4n) is 6.17. The van der Waals surface area contributed by atoms with Gasteiger partial charge in [0, 0.05) is 32.1 Å². The van der Waals surface area contributed by atoms with Crippen LogP contribution in [0, 0.1) is 0 Å². The number of hydrogen-bond acceptors (Lipinski definition) is 17. The molecule has 25 heteroatoms. The lowest BCUT2D eigenvalue weighted by Crippen LogP contribution is -2.67. The Morgan fingerprint density at radius 2 is 0.806 bits per heavy atom. The molecule has 0 aliphatic heterocycles. The summed E-state index contributed by atoms with van der Waals surface area (Å²) in [5, 5.41) is 0. The van der Waals surface area contributed by atoms with Crippen molar-refractivity contribution < 1.29 is 104 Å². The fourth-order valence-corrected chi connectivity index (χ4v) is 8.25. The van der Waals surface area contributed by atoms with Crippen molar-refractivity contribution in [3.63, 3.8) is 0 Å². The van der Waals surface area contributed by atoms with Crippen molar-refractivity contribution in [2.45, 2.75) is 193 Å². The van der Waals surface area contributed by atoms with E-state index < -0.39 is 109 Å². The minimum absolute atomic E-state index is 0.0344. The quantitative estimate of drug-likeness (QED) is 0.0225. The Bertz CT molecular complexity index is 1460. The van der Waals surface area contributed by atoms with Crippen LogP contribution in [0.4, 0.5) is 0 Å². The van der Waals surface area contributed by atoms with Crippen LogP contribution in [0.3, 0.4) is 0 Å². The molecule has 62 heavy (non-hydrogen) atoms. The number of unbranched alkanes of at least 4 members (excludes halogenated alkanes) is 8. The molecule has 0 radical (unpaired) electrons. The number of rotatable bonds is 33. The molecule has 0 aromatic rings. The number of phosphoric acid groups is 3. The fraction of sp³-hybridized carbons (Fsp3) is 0.865. The largest absolute Gasteiger partial charge is 0.472 e. The standard InChI is InChI=1S/C37H67O22P3/c1-6-11-13-15-17-22-27(38)51-24-26(53-31(42)23-18-16-14-12-7-2)25-52-62(49,50)59-37-33(55-29(40)20-9-4)35(57-60(43,44)45)32(54-28(39)19-8-3)36(58-61(46,47)48)34(37)56-30(41)21-10-5/h26,32-37H,6-25H2,1-5H3,(H,49,50)(H2,43,44,45)(H2,46,47,48)/t26-,32?,33+,34+,35-,36+,37?/m1/s1. The average molecular weight is 957 g/mol. The van der Waals surface area contributed by atoms with Crippen LogP contribution in [0.25, 0.3) is 0 Å². The molecule has 1 saturated carbocycles. The second-order valence-corrected chi connectivity index (χ2v) is 18.5. The highest BCUT2D eigenvalue weighted by Crippen LogP contribution is 2.52. The average Bonchev–Trinajstić information content (AvgIpc) is 3.16. The van der Waals surface area contributed by atoms with Crippen LogP contribution < -0.4 is 0 Å². The third kappa shape index (κ3) is 24.7. The first-order chi connectivity index (χ1) is 29.1. The summed E-state index contributed by atoms with van der Waals surface area (Å²) in [6.45, 7) is 7.07. The van der Waals surface area contributed by atoms with Crippen LogP contribution in [-0.2, 0) is 79.4 Å². The first kappa shape index (κ1) is 57.7. The van der Waals surface area contributed by atoms with E-state index in [0.717, 1.165) is 44.9 Å². The zero-order valence-corrected chi connectivity index (χ0v) is 38.9. The minimum Gasteiger partial charge on any atom is -0.462 e. The van der Waals surface area contributed by atoms with Gasteiger partial charge >= 0.3 is 53.3 Å². The SMILES string of the molecule is CCCCCCCC(=O)OC[C@H](COP(=O)(O)OC1[C@@H](OC(=O)CCC)[C@H](OP(=O)(O)O)C(OC(=O)CCC)[C@H](OP(=O)(O)O)[C@@H]1OC(=O)CCC)OC(=O)CCCCCCC. The van der Waals surface area contributed by atoms with Crippen LogP contribution in [0.2, 0.25) is 0 Å². The van der Waals surface area contributed by atoms with Crippen LogP contribution in [-0.4, -0.2) is 110 Å². The topological polar surface area (TPSA) is 321 Å². The molecule has 362 valence electrons. The molecule has 5 N–H and O–H groups in total. The Balaban J connectivity index is 3.76. The van der Waals surface area contributed by atoms with Crippen molar-refractivity contribution in [3.05, 3.63) is 0 Å². The van der Waals surface area contributed by atoms with Gasteiger partial charge < -0.3 is 48.2 Å². The Labute approximate surface area is 362 Å². The second kappa shape index (κ2) is 30.0. The molecule has 1 rings (SSSR count). The van der Waals surface area contributed by atoms with Crippen LogP contribution in [0.15, 0.2) is 0 Å². The molecule has 0 saturated heterocycles. The summed E-state index contributed by atoms with van der Waals surface area (Å²) >= 11 is 0. The van der Waals surface area contributed by atoms with E-state index in [0.29, 0.717) is 19.3 Å². The summed E-state index contributed by atoms with van der Waals surface area (Å²) in [5.41, 5.74) is 0. The van der Waals surface area contributed by atoms with Crippen molar-refractivity contribution >= 4 is 53.3 Å². The highest BCUT2D eigenvalue weighted by atomic mass is 31.2. The molecule has 0 heterocycles.